The van der Waals surface area contributed by atoms with Gasteiger partial charge in [-0.15, -0.1) is 0 Å². The molecule has 0 aliphatic rings. The number of methoxy groups -OCH3 is 1. The average molecular weight is 275 g/mol. The molecule has 0 spiro atoms. The van der Waals surface area contributed by atoms with Crippen molar-refractivity contribution >= 4 is 0 Å². The molecule has 0 atom stereocenters. The molecule has 4 nitrogen and oxygen atoms in total. The van der Waals surface area contributed by atoms with E-state index < -0.39 is 0 Å². The van der Waals surface area contributed by atoms with Gasteiger partial charge in [0.05, 0.1) is 12.9 Å². The molecule has 20 heavy (non-hydrogen) atoms. The predicted molar refractivity (Wildman–Crippen MR) is 77.6 cm³/mol. The van der Waals surface area contributed by atoms with Crippen LogP contribution in [0.3, 0.4) is 0 Å². The molecule has 0 aliphatic heterocycles. The van der Waals surface area contributed by atoms with E-state index in [0.717, 1.165) is 35.7 Å². The lowest BCUT2D eigenvalue weighted by Gasteiger charge is -2.08. The minimum atomic E-state index is 0.435. The van der Waals surface area contributed by atoms with Gasteiger partial charge in [0.15, 0.2) is 0 Å². The molecule has 0 bridgehead atoms. The molecule has 0 saturated carbocycles. The summed E-state index contributed by atoms with van der Waals surface area (Å²) in [7, 11) is 1.68. The van der Waals surface area contributed by atoms with Crippen LogP contribution in [0.1, 0.15) is 23.8 Å². The van der Waals surface area contributed by atoms with Crippen LogP contribution < -0.4 is 10.1 Å². The molecule has 1 aromatic carbocycles. The fourth-order valence-electron chi connectivity index (χ4n) is 1.95. The van der Waals surface area contributed by atoms with Crippen LogP contribution in [0.4, 0.5) is 0 Å². The number of nitrogens with one attached hydrogen (secondary N) is 1. The van der Waals surface area contributed by atoms with Gasteiger partial charge in [-0.25, -0.2) is 0 Å². The van der Waals surface area contributed by atoms with Crippen LogP contribution >= 0.6 is 0 Å². The standard InChI is InChI=1S/C16H21NO3/c1-3-17-10-14-7-8-19-16(14)12-20-15-6-4-5-13(9-15)11-18-2/h4-9,17H,3,10-12H2,1-2H3. The monoisotopic (exact) mass is 275 g/mol. The van der Waals surface area contributed by atoms with Crippen molar-refractivity contribution in [1.82, 2.24) is 5.32 Å². The Hall–Kier alpha value is -1.78. The van der Waals surface area contributed by atoms with Crippen molar-refractivity contribution in [2.75, 3.05) is 13.7 Å². The highest BCUT2D eigenvalue weighted by Crippen LogP contribution is 2.18. The van der Waals surface area contributed by atoms with Gasteiger partial charge < -0.3 is 19.2 Å². The lowest BCUT2D eigenvalue weighted by molar-refractivity contribution is 0.184. The zero-order valence-electron chi connectivity index (χ0n) is 12.0. The molecule has 0 amide bonds. The number of hydrogen-bond acceptors (Lipinski definition) is 4. The van der Waals surface area contributed by atoms with Gasteiger partial charge in [-0.1, -0.05) is 19.1 Å². The second-order valence-corrected chi connectivity index (χ2v) is 4.52. The normalized spacial score (nSPS) is 10.7. The Morgan fingerprint density at radius 3 is 2.90 bits per heavy atom. The maximum Gasteiger partial charge on any atom is 0.146 e. The van der Waals surface area contributed by atoms with Gasteiger partial charge in [-0.3, -0.25) is 0 Å². The highest BCUT2D eigenvalue weighted by molar-refractivity contribution is 5.28. The van der Waals surface area contributed by atoms with Crippen LogP contribution in [0.5, 0.6) is 5.75 Å². The van der Waals surface area contributed by atoms with Crippen LogP contribution in [0.2, 0.25) is 0 Å². The fourth-order valence-corrected chi connectivity index (χ4v) is 1.95. The summed E-state index contributed by atoms with van der Waals surface area (Å²) in [6.45, 7) is 4.84. The van der Waals surface area contributed by atoms with Gasteiger partial charge in [0.1, 0.15) is 18.1 Å². The van der Waals surface area contributed by atoms with Gasteiger partial charge >= 0.3 is 0 Å². The highest BCUT2D eigenvalue weighted by Gasteiger charge is 2.07. The summed E-state index contributed by atoms with van der Waals surface area (Å²) in [6, 6.07) is 9.87. The molecule has 1 heterocycles. The minimum absolute atomic E-state index is 0.435. The van der Waals surface area contributed by atoms with Crippen molar-refractivity contribution in [2.24, 2.45) is 0 Å². The third kappa shape index (κ3) is 4.11. The van der Waals surface area contributed by atoms with Gasteiger partial charge in [-0.05, 0) is 30.3 Å². The summed E-state index contributed by atoms with van der Waals surface area (Å²) >= 11 is 0. The van der Waals surface area contributed by atoms with Crippen LogP contribution in [0.15, 0.2) is 41.0 Å². The lowest BCUT2D eigenvalue weighted by Crippen LogP contribution is -2.12. The first-order valence-corrected chi connectivity index (χ1v) is 6.80. The summed E-state index contributed by atoms with van der Waals surface area (Å²) in [5.74, 6) is 1.69. The first kappa shape index (κ1) is 14.6. The second kappa shape index (κ2) is 7.72. The number of benzene rings is 1. The summed E-state index contributed by atoms with van der Waals surface area (Å²) in [5.41, 5.74) is 2.23. The van der Waals surface area contributed by atoms with Crippen molar-refractivity contribution in [3.63, 3.8) is 0 Å². The summed E-state index contributed by atoms with van der Waals surface area (Å²) < 4.78 is 16.4. The van der Waals surface area contributed by atoms with Crippen LogP contribution in [0.25, 0.3) is 0 Å². The largest absolute Gasteiger partial charge is 0.486 e. The van der Waals surface area contributed by atoms with Crippen LogP contribution in [-0.2, 0) is 24.5 Å². The SMILES string of the molecule is CCNCc1ccoc1COc1cccc(COC)c1. The molecule has 2 aromatic rings. The number of ether oxygens (including phenoxy) is 2. The maximum atomic E-state index is 5.78. The van der Waals surface area contributed by atoms with E-state index in [0.29, 0.717) is 13.2 Å². The molecule has 0 unspecified atom stereocenters. The number of hydrogen-bond donors (Lipinski definition) is 1. The van der Waals surface area contributed by atoms with E-state index in [1.165, 1.54) is 0 Å². The first-order valence-electron chi connectivity index (χ1n) is 6.80. The zero-order chi connectivity index (χ0) is 14.2. The van der Waals surface area contributed by atoms with Crippen LogP contribution in [0, 0.1) is 0 Å². The van der Waals surface area contributed by atoms with Crippen LogP contribution in [-0.4, -0.2) is 13.7 Å². The van der Waals surface area contributed by atoms with Crippen molar-refractivity contribution in [3.8, 4) is 5.75 Å². The van der Waals surface area contributed by atoms with E-state index >= 15 is 0 Å². The first-order chi connectivity index (χ1) is 9.83. The Labute approximate surface area is 119 Å². The smallest absolute Gasteiger partial charge is 0.146 e. The Morgan fingerprint density at radius 1 is 1.20 bits per heavy atom. The molecule has 0 aliphatic carbocycles. The van der Waals surface area contributed by atoms with Gasteiger partial charge in [-0.2, -0.15) is 0 Å². The number of furan rings is 1. The topological polar surface area (TPSA) is 43.6 Å². The molecule has 1 N–H and O–H groups in total. The molecule has 108 valence electrons. The van der Waals surface area contributed by atoms with Gasteiger partial charge in [0, 0.05) is 19.2 Å². The van der Waals surface area contributed by atoms with E-state index in [1.54, 1.807) is 13.4 Å². The van der Waals surface area contributed by atoms with E-state index in [-0.39, 0.29) is 0 Å². The van der Waals surface area contributed by atoms with Gasteiger partial charge in [0.2, 0.25) is 0 Å². The zero-order valence-corrected chi connectivity index (χ0v) is 12.0. The second-order valence-electron chi connectivity index (χ2n) is 4.52. The van der Waals surface area contributed by atoms with Gasteiger partial charge in [0.25, 0.3) is 0 Å². The van der Waals surface area contributed by atoms with Crippen molar-refractivity contribution in [3.05, 3.63) is 53.5 Å². The number of rotatable bonds is 8. The summed E-state index contributed by atoms with van der Waals surface area (Å²) in [6.07, 6.45) is 1.70. The molecule has 1 aromatic heterocycles. The Kier molecular flexibility index (Phi) is 5.65. The Morgan fingerprint density at radius 2 is 2.10 bits per heavy atom. The summed E-state index contributed by atoms with van der Waals surface area (Å²) in [5, 5.41) is 3.28. The van der Waals surface area contributed by atoms with Crippen molar-refractivity contribution < 1.29 is 13.9 Å². The van der Waals surface area contributed by atoms with E-state index in [2.05, 4.69) is 12.2 Å². The third-order valence-electron chi connectivity index (χ3n) is 2.98. The van der Waals surface area contributed by atoms with Crippen molar-refractivity contribution in [1.29, 1.82) is 0 Å². The quantitative estimate of drug-likeness (QED) is 0.804. The molecule has 4 heteroatoms. The average Bonchev–Trinajstić information content (AvgIpc) is 2.91. The van der Waals surface area contributed by atoms with Crippen molar-refractivity contribution in [2.45, 2.75) is 26.7 Å². The molecular formula is C16H21NO3. The van der Waals surface area contributed by atoms with E-state index in [4.69, 9.17) is 13.9 Å². The predicted octanol–water partition coefficient (Wildman–Crippen LogP) is 3.11. The third-order valence-corrected chi connectivity index (χ3v) is 2.98. The molecule has 2 rings (SSSR count). The molecule has 0 saturated heterocycles. The maximum absolute atomic E-state index is 5.78. The Balaban J connectivity index is 1.94. The van der Waals surface area contributed by atoms with E-state index in [1.807, 2.05) is 30.3 Å². The van der Waals surface area contributed by atoms with E-state index in [9.17, 15) is 0 Å². The fraction of sp³-hybridized carbons (Fsp3) is 0.375. The highest BCUT2D eigenvalue weighted by atomic mass is 16.5. The lowest BCUT2D eigenvalue weighted by atomic mass is 10.2. The molecule has 0 radical (unpaired) electrons. The molecular weight excluding hydrogens is 254 g/mol. The molecule has 0 fully saturated rings. The minimum Gasteiger partial charge on any atom is -0.486 e. The Bertz CT molecular complexity index is 522. The summed E-state index contributed by atoms with van der Waals surface area (Å²) in [4.78, 5) is 0.